The Morgan fingerprint density at radius 3 is 2.32 bits per heavy atom. The summed E-state index contributed by atoms with van der Waals surface area (Å²) >= 11 is 0. The van der Waals surface area contributed by atoms with Crippen LogP contribution >= 0.6 is 0 Å². The van der Waals surface area contributed by atoms with E-state index < -0.39 is 8.07 Å². The van der Waals surface area contributed by atoms with Gasteiger partial charge in [0.1, 0.15) is 0 Å². The van der Waals surface area contributed by atoms with Gasteiger partial charge < -0.3 is 31.2 Å². The molecule has 1 heterocycles. The molecule has 0 saturated carbocycles. The smallest absolute Gasteiger partial charge is 1.00 e. The summed E-state index contributed by atoms with van der Waals surface area (Å²) in [6.45, 7) is 9.33. The van der Waals surface area contributed by atoms with Gasteiger partial charge in [-0.2, -0.15) is 21.7 Å². The van der Waals surface area contributed by atoms with Gasteiger partial charge in [-0.1, -0.05) is 68.9 Å². The van der Waals surface area contributed by atoms with Crippen molar-refractivity contribution >= 4 is 35.3 Å². The molecule has 0 bridgehead atoms. The molecule has 1 unspecified atom stereocenters. The van der Waals surface area contributed by atoms with Crippen molar-refractivity contribution in [3.8, 4) is 0 Å². The minimum Gasteiger partial charge on any atom is -1.00 e. The summed E-state index contributed by atoms with van der Waals surface area (Å²) in [7, 11) is -0.981. The SMILES string of the molecule is CC(C)[CH-]C1C=Cc2ccccc21.C[Si]1(C)c2[cH-]c3ccccc3c21.[Cl-].[Cl-].[Zr+4]. The van der Waals surface area contributed by atoms with E-state index in [1.54, 1.807) is 10.4 Å². The normalized spacial score (nSPS) is 16.7. The van der Waals surface area contributed by atoms with Crippen LogP contribution in [0.4, 0.5) is 0 Å². The topological polar surface area (TPSA) is 0 Å². The van der Waals surface area contributed by atoms with Crippen molar-refractivity contribution in [1.29, 1.82) is 0 Å². The first-order valence-electron chi connectivity index (χ1n) is 9.30. The quantitative estimate of drug-likeness (QED) is 0.322. The monoisotopic (exact) mass is 502 g/mol. The van der Waals surface area contributed by atoms with Crippen LogP contribution in [0.3, 0.4) is 0 Å². The second kappa shape index (κ2) is 9.98. The fourth-order valence-electron chi connectivity index (χ4n) is 4.10. The van der Waals surface area contributed by atoms with Crippen molar-refractivity contribution in [3.63, 3.8) is 0 Å². The van der Waals surface area contributed by atoms with Gasteiger partial charge in [0.05, 0.1) is 0 Å². The first kappa shape index (κ1) is 25.5. The molecule has 0 radical (unpaired) electrons. The van der Waals surface area contributed by atoms with E-state index in [1.165, 1.54) is 21.9 Å². The fraction of sp³-hybridized carbons (Fsp3) is 0.250. The van der Waals surface area contributed by atoms with E-state index in [4.69, 9.17) is 0 Å². The summed E-state index contributed by atoms with van der Waals surface area (Å²) in [5.74, 6) is 1.19. The maximum atomic E-state index is 2.43. The molecule has 1 atom stereocenters. The van der Waals surface area contributed by atoms with Crippen LogP contribution in [0, 0.1) is 12.3 Å². The van der Waals surface area contributed by atoms with Crippen molar-refractivity contribution in [1.82, 2.24) is 0 Å². The summed E-state index contributed by atoms with van der Waals surface area (Å²) in [6.07, 6.45) is 6.89. The average Bonchev–Trinajstić information content (AvgIpc) is 2.97. The molecule has 3 aromatic carbocycles. The number of allylic oxidation sites excluding steroid dienone is 1. The number of benzene rings is 2. The molecule has 4 heteroatoms. The molecule has 1 aliphatic heterocycles. The second-order valence-electron chi connectivity index (χ2n) is 8.10. The van der Waals surface area contributed by atoms with Gasteiger partial charge in [0, 0.05) is 8.07 Å². The summed E-state index contributed by atoms with van der Waals surface area (Å²) in [4.78, 5) is 0. The van der Waals surface area contributed by atoms with E-state index in [1.807, 2.05) is 0 Å². The van der Waals surface area contributed by atoms with Crippen molar-refractivity contribution in [2.75, 3.05) is 0 Å². The van der Waals surface area contributed by atoms with Crippen LogP contribution in [0.2, 0.25) is 13.1 Å². The fourth-order valence-corrected chi connectivity index (χ4v) is 7.47. The molecule has 0 N–H and O–H groups in total. The third kappa shape index (κ3) is 4.78. The number of rotatable bonds is 2. The molecular formula is C24H26Cl2SiZr. The van der Waals surface area contributed by atoms with Crippen LogP contribution in [0.1, 0.15) is 30.9 Å². The Kier molecular flexibility index (Phi) is 9.10. The molecule has 0 nitrogen and oxygen atoms in total. The Bertz CT molecular complexity index is 956. The van der Waals surface area contributed by atoms with Crippen LogP contribution in [-0.4, -0.2) is 8.07 Å². The zero-order valence-electron chi connectivity index (χ0n) is 16.8. The van der Waals surface area contributed by atoms with Gasteiger partial charge in [-0.05, 0) is 5.56 Å². The molecule has 3 aromatic rings. The summed E-state index contributed by atoms with van der Waals surface area (Å²) in [5, 5.41) is 6.35. The van der Waals surface area contributed by atoms with Gasteiger partial charge in [0.25, 0.3) is 0 Å². The zero-order chi connectivity index (χ0) is 17.6. The summed E-state index contributed by atoms with van der Waals surface area (Å²) in [5.41, 5.74) is 2.83. The third-order valence-corrected chi connectivity index (χ3v) is 8.75. The van der Waals surface area contributed by atoms with Gasteiger partial charge in [-0.3, -0.25) is 0 Å². The minimum absolute atomic E-state index is 0. The van der Waals surface area contributed by atoms with Crippen molar-refractivity contribution < 1.29 is 51.0 Å². The molecule has 1 aliphatic carbocycles. The summed E-state index contributed by atoms with van der Waals surface area (Å²) < 4.78 is 0. The van der Waals surface area contributed by atoms with Gasteiger partial charge in [0.15, 0.2) is 0 Å². The molecule has 0 fully saturated rings. The van der Waals surface area contributed by atoms with E-state index in [-0.39, 0.29) is 51.0 Å². The predicted molar refractivity (Wildman–Crippen MR) is 114 cm³/mol. The largest absolute Gasteiger partial charge is 4.00 e. The standard InChI is InChI=1S/C13H15.C11H11Si.2ClH.Zr/c1-10(2)9-12-8-7-11-5-3-4-6-13(11)12;1-12(2)10-7-8-5-3-4-6-9(8)11(10)12;;;/h3-10,12H,1-2H3;3-7H,1-2H3;2*1H;/q2*-1;;;+4/p-2. The van der Waals surface area contributed by atoms with Gasteiger partial charge in [-0.15, -0.1) is 41.6 Å². The molecular weight excluding hydrogens is 478 g/mol. The van der Waals surface area contributed by atoms with Crippen LogP contribution in [0.25, 0.3) is 16.8 Å². The maximum absolute atomic E-state index is 2.43. The Hall–Kier alpha value is -0.530. The van der Waals surface area contributed by atoms with Crippen LogP contribution in [0.15, 0.2) is 60.7 Å². The first-order chi connectivity index (χ1) is 12.0. The Labute approximate surface area is 202 Å². The van der Waals surface area contributed by atoms with E-state index in [0.29, 0.717) is 11.8 Å². The number of hydrogen-bond acceptors (Lipinski definition) is 0. The van der Waals surface area contributed by atoms with Crippen LogP contribution < -0.4 is 35.2 Å². The molecule has 0 aromatic heterocycles. The number of halogens is 2. The van der Waals surface area contributed by atoms with Gasteiger partial charge in [0.2, 0.25) is 0 Å². The minimum atomic E-state index is -0.981. The third-order valence-electron chi connectivity index (χ3n) is 5.47. The Balaban J connectivity index is 0.000000253. The van der Waals surface area contributed by atoms with Crippen molar-refractivity contribution in [2.45, 2.75) is 32.9 Å². The Morgan fingerprint density at radius 2 is 1.61 bits per heavy atom. The first-order valence-corrected chi connectivity index (χ1v) is 12.3. The van der Waals surface area contributed by atoms with E-state index in [2.05, 4.69) is 100 Å². The average molecular weight is 505 g/mol. The predicted octanol–water partition coefficient (Wildman–Crippen LogP) is -0.643. The molecule has 5 rings (SSSR count). The van der Waals surface area contributed by atoms with Crippen molar-refractivity contribution in [3.05, 3.63) is 78.2 Å². The summed E-state index contributed by atoms with van der Waals surface area (Å²) in [6, 6.07) is 19.7. The second-order valence-corrected chi connectivity index (χ2v) is 12.4. The molecule has 0 saturated heterocycles. The number of fused-ring (bicyclic) bond motifs is 4. The van der Waals surface area contributed by atoms with Gasteiger partial charge >= 0.3 is 26.2 Å². The molecule has 144 valence electrons. The van der Waals surface area contributed by atoms with E-state index >= 15 is 0 Å². The van der Waals surface area contributed by atoms with Crippen LogP contribution in [-0.2, 0) is 26.2 Å². The van der Waals surface area contributed by atoms with E-state index in [9.17, 15) is 0 Å². The Morgan fingerprint density at radius 1 is 0.964 bits per heavy atom. The van der Waals surface area contributed by atoms with E-state index in [0.717, 1.165) is 0 Å². The number of hydrogen-bond donors (Lipinski definition) is 0. The zero-order valence-corrected chi connectivity index (χ0v) is 21.8. The maximum Gasteiger partial charge on any atom is 4.00 e. The van der Waals surface area contributed by atoms with Crippen molar-refractivity contribution in [2.24, 2.45) is 5.92 Å². The molecule has 0 amide bonds. The van der Waals surface area contributed by atoms with Gasteiger partial charge in [-0.25, -0.2) is 0 Å². The molecule has 28 heavy (non-hydrogen) atoms. The van der Waals surface area contributed by atoms with Crippen LogP contribution in [0.5, 0.6) is 0 Å². The molecule has 2 aliphatic rings. The molecule has 0 spiro atoms.